The second-order valence-electron chi connectivity index (χ2n) is 8.57. The highest BCUT2D eigenvalue weighted by molar-refractivity contribution is 7.93. The normalized spacial score (nSPS) is 15.8. The van der Waals surface area contributed by atoms with E-state index in [1.54, 1.807) is 50.4 Å². The number of aryl methyl sites for hydroxylation is 1. The van der Waals surface area contributed by atoms with Gasteiger partial charge in [-0.05, 0) is 66.4 Å². The van der Waals surface area contributed by atoms with E-state index >= 15 is 0 Å². The third kappa shape index (κ3) is 4.66. The zero-order valence-corrected chi connectivity index (χ0v) is 21.0. The van der Waals surface area contributed by atoms with Crippen molar-refractivity contribution in [3.05, 3.63) is 83.4 Å². The van der Waals surface area contributed by atoms with Crippen molar-refractivity contribution in [1.29, 1.82) is 0 Å². The summed E-state index contributed by atoms with van der Waals surface area (Å²) in [5.74, 6) is -1.26. The first-order valence-electron chi connectivity index (χ1n) is 11.5. The molecule has 0 amide bonds. The molecule has 3 aromatic rings. The maximum Gasteiger partial charge on any atom is 0.327 e. The molecule has 0 aliphatic carbocycles. The monoisotopic (exact) mass is 509 g/mol. The predicted molar refractivity (Wildman–Crippen MR) is 134 cm³/mol. The maximum atomic E-state index is 13.5. The van der Waals surface area contributed by atoms with Gasteiger partial charge in [-0.1, -0.05) is 37.3 Å². The molecule has 0 aromatic heterocycles. The van der Waals surface area contributed by atoms with E-state index in [0.29, 0.717) is 29.0 Å². The Balaban J connectivity index is 1.60. The predicted octanol–water partition coefficient (Wildman–Crippen LogP) is 4.31. The highest BCUT2D eigenvalue weighted by atomic mass is 32.2. The third-order valence-electron chi connectivity index (χ3n) is 6.34. The van der Waals surface area contributed by atoms with Crippen molar-refractivity contribution < 1.29 is 32.6 Å². The minimum atomic E-state index is -4.18. The lowest BCUT2D eigenvalue weighted by Gasteiger charge is -2.24. The molecular formula is C27H27NO7S. The van der Waals surface area contributed by atoms with Crippen molar-refractivity contribution >= 4 is 27.6 Å². The van der Waals surface area contributed by atoms with Crippen LogP contribution in [0.1, 0.15) is 36.0 Å². The standard InChI is InChI=1S/C27H27NO7S/c1-4-22(18-9-11-20(34-3)12-10-18)27(31)35-25-14-13-21(15-17(25)2)36(32,33)28-23-8-6-5-7-19(23)16-24(28)26(29)30/h5-15,22,24H,4,16H2,1-3H3,(H,29,30). The van der Waals surface area contributed by atoms with Gasteiger partial charge in [0.1, 0.15) is 17.5 Å². The summed E-state index contributed by atoms with van der Waals surface area (Å²) in [6.07, 6.45) is 0.602. The van der Waals surface area contributed by atoms with Gasteiger partial charge in [0, 0.05) is 6.42 Å². The second-order valence-corrected chi connectivity index (χ2v) is 10.4. The van der Waals surface area contributed by atoms with Crippen LogP contribution in [0.25, 0.3) is 0 Å². The highest BCUT2D eigenvalue weighted by Crippen LogP contribution is 2.37. The fourth-order valence-corrected chi connectivity index (χ4v) is 6.14. The van der Waals surface area contributed by atoms with Crippen LogP contribution >= 0.6 is 0 Å². The number of anilines is 1. The largest absolute Gasteiger partial charge is 0.497 e. The molecule has 0 bridgehead atoms. The number of carbonyl (C=O) groups is 2. The van der Waals surface area contributed by atoms with Crippen molar-refractivity contribution in [3.63, 3.8) is 0 Å². The molecule has 4 rings (SSSR count). The van der Waals surface area contributed by atoms with Gasteiger partial charge in [-0.2, -0.15) is 0 Å². The number of aliphatic carboxylic acids is 1. The van der Waals surface area contributed by atoms with Gasteiger partial charge in [0.2, 0.25) is 0 Å². The van der Waals surface area contributed by atoms with Gasteiger partial charge < -0.3 is 14.6 Å². The molecule has 0 saturated heterocycles. The molecule has 9 heteroatoms. The first kappa shape index (κ1) is 25.2. The molecule has 1 aliphatic rings. The van der Waals surface area contributed by atoms with Gasteiger partial charge in [0.15, 0.2) is 0 Å². The number of carboxylic acid groups (broad SMARTS) is 1. The summed E-state index contributed by atoms with van der Waals surface area (Å²) in [5.41, 5.74) is 2.23. The van der Waals surface area contributed by atoms with Gasteiger partial charge in [0.05, 0.1) is 23.6 Å². The van der Waals surface area contributed by atoms with Crippen LogP contribution in [0.2, 0.25) is 0 Å². The van der Waals surface area contributed by atoms with E-state index in [-0.39, 0.29) is 17.1 Å². The lowest BCUT2D eigenvalue weighted by Crippen LogP contribution is -2.42. The number of carbonyl (C=O) groups excluding carboxylic acids is 1. The zero-order valence-electron chi connectivity index (χ0n) is 20.2. The van der Waals surface area contributed by atoms with E-state index in [4.69, 9.17) is 9.47 Å². The van der Waals surface area contributed by atoms with Crippen molar-refractivity contribution in [2.75, 3.05) is 11.4 Å². The average Bonchev–Trinajstić information content (AvgIpc) is 3.27. The molecule has 2 unspecified atom stereocenters. The number of benzene rings is 3. The fraction of sp³-hybridized carbons (Fsp3) is 0.259. The Bertz CT molecular complexity index is 1400. The van der Waals surface area contributed by atoms with Crippen LogP contribution in [-0.4, -0.2) is 38.6 Å². The number of methoxy groups -OCH3 is 1. The summed E-state index contributed by atoms with van der Waals surface area (Å²) in [7, 11) is -2.62. The molecule has 0 radical (unpaired) electrons. The summed E-state index contributed by atoms with van der Waals surface area (Å²) in [6, 6.07) is 16.8. The van der Waals surface area contributed by atoms with Gasteiger partial charge in [0.25, 0.3) is 10.0 Å². The summed E-state index contributed by atoms with van der Waals surface area (Å²) in [4.78, 5) is 24.7. The van der Waals surface area contributed by atoms with Crippen LogP contribution in [0.15, 0.2) is 71.6 Å². The van der Waals surface area contributed by atoms with Crippen LogP contribution in [0.5, 0.6) is 11.5 Å². The molecule has 0 fully saturated rings. The van der Waals surface area contributed by atoms with E-state index in [1.807, 2.05) is 19.1 Å². The van der Waals surface area contributed by atoms with Crippen molar-refractivity contribution in [2.24, 2.45) is 0 Å². The number of esters is 1. The lowest BCUT2D eigenvalue weighted by atomic mass is 9.96. The van der Waals surface area contributed by atoms with Gasteiger partial charge in [-0.15, -0.1) is 0 Å². The Morgan fingerprint density at radius 2 is 1.78 bits per heavy atom. The molecule has 2 atom stereocenters. The summed E-state index contributed by atoms with van der Waals surface area (Å²) >= 11 is 0. The van der Waals surface area contributed by atoms with E-state index in [1.165, 1.54) is 18.2 Å². The third-order valence-corrected chi connectivity index (χ3v) is 8.15. The number of sulfonamides is 1. The number of rotatable bonds is 8. The molecule has 0 saturated carbocycles. The summed E-state index contributed by atoms with van der Waals surface area (Å²) in [5, 5.41) is 9.69. The second kappa shape index (κ2) is 10.0. The van der Waals surface area contributed by atoms with Crippen LogP contribution in [-0.2, 0) is 26.0 Å². The van der Waals surface area contributed by atoms with Crippen molar-refractivity contribution in [1.82, 2.24) is 0 Å². The number of ether oxygens (including phenoxy) is 2. The topological polar surface area (TPSA) is 110 Å². The lowest BCUT2D eigenvalue weighted by molar-refractivity contribution is -0.138. The minimum absolute atomic E-state index is 0.0788. The molecule has 36 heavy (non-hydrogen) atoms. The molecular weight excluding hydrogens is 482 g/mol. The average molecular weight is 510 g/mol. The molecule has 0 spiro atoms. The molecule has 3 aromatic carbocycles. The SMILES string of the molecule is CCC(C(=O)Oc1ccc(S(=O)(=O)N2c3ccccc3CC2C(=O)O)cc1C)c1ccc(OC)cc1. The van der Waals surface area contributed by atoms with Gasteiger partial charge in [-0.25, -0.2) is 13.2 Å². The van der Waals surface area contributed by atoms with E-state index in [9.17, 15) is 23.1 Å². The Morgan fingerprint density at radius 1 is 1.08 bits per heavy atom. The number of hydrogen-bond donors (Lipinski definition) is 1. The number of nitrogens with zero attached hydrogens (tertiary/aromatic N) is 1. The van der Waals surface area contributed by atoms with Crippen molar-refractivity contribution in [3.8, 4) is 11.5 Å². The number of fused-ring (bicyclic) bond motifs is 1. The number of carboxylic acids is 1. The van der Waals surface area contributed by atoms with Crippen LogP contribution in [0.3, 0.4) is 0 Å². The molecule has 188 valence electrons. The van der Waals surface area contributed by atoms with Crippen LogP contribution in [0.4, 0.5) is 5.69 Å². The van der Waals surface area contributed by atoms with E-state index in [0.717, 1.165) is 9.87 Å². The first-order valence-corrected chi connectivity index (χ1v) is 12.9. The van der Waals surface area contributed by atoms with E-state index in [2.05, 4.69) is 0 Å². The highest BCUT2D eigenvalue weighted by Gasteiger charge is 2.42. The zero-order chi connectivity index (χ0) is 26.0. The first-order chi connectivity index (χ1) is 17.2. The fourth-order valence-electron chi connectivity index (χ4n) is 4.41. The van der Waals surface area contributed by atoms with E-state index < -0.39 is 33.9 Å². The quantitative estimate of drug-likeness (QED) is 0.356. The van der Waals surface area contributed by atoms with Gasteiger partial charge in [-0.3, -0.25) is 9.10 Å². The molecule has 8 nitrogen and oxygen atoms in total. The number of hydrogen-bond acceptors (Lipinski definition) is 6. The smallest absolute Gasteiger partial charge is 0.327 e. The summed E-state index contributed by atoms with van der Waals surface area (Å²) < 4.78 is 38.8. The molecule has 1 N–H and O–H groups in total. The Hall–Kier alpha value is -3.85. The molecule has 1 heterocycles. The molecule has 1 aliphatic heterocycles. The van der Waals surface area contributed by atoms with Gasteiger partial charge >= 0.3 is 11.9 Å². The number of para-hydroxylation sites is 1. The Kier molecular flexibility index (Phi) is 7.03. The van der Waals surface area contributed by atoms with Crippen molar-refractivity contribution in [2.45, 2.75) is 43.5 Å². The maximum absolute atomic E-state index is 13.5. The van der Waals surface area contributed by atoms with Crippen LogP contribution < -0.4 is 13.8 Å². The van der Waals surface area contributed by atoms with Crippen LogP contribution in [0, 0.1) is 6.92 Å². The Morgan fingerprint density at radius 3 is 2.39 bits per heavy atom. The Labute approximate surface area is 210 Å². The minimum Gasteiger partial charge on any atom is -0.497 e. The summed E-state index contributed by atoms with van der Waals surface area (Å²) in [6.45, 7) is 3.52.